The number of hydrogen-bond donors (Lipinski definition) is 0. The van der Waals surface area contributed by atoms with Crippen molar-refractivity contribution in [3.8, 4) is 10.6 Å². The van der Waals surface area contributed by atoms with Crippen molar-refractivity contribution in [2.24, 2.45) is 4.99 Å². The second-order valence-electron chi connectivity index (χ2n) is 12.0. The van der Waals surface area contributed by atoms with Crippen molar-refractivity contribution in [2.75, 3.05) is 62.2 Å². The minimum atomic E-state index is -4.49. The second kappa shape index (κ2) is 20.6. The summed E-state index contributed by atoms with van der Waals surface area (Å²) >= 11 is 1.84. The van der Waals surface area contributed by atoms with Gasteiger partial charge < -0.3 is 21.8 Å². The smallest absolute Gasteiger partial charge is 0.201 e. The van der Waals surface area contributed by atoms with Gasteiger partial charge in [-0.3, -0.25) is 0 Å². The molecule has 0 saturated carbocycles. The number of aliphatic imine (C=N–C) groups is 1. The van der Waals surface area contributed by atoms with Gasteiger partial charge in [-0.1, -0.05) is 0 Å². The number of aromatic nitrogens is 1. The molecule has 0 fully saturated rings. The Kier molecular flexibility index (Phi) is 16.9. The third-order valence-corrected chi connectivity index (χ3v) is 12.1. The van der Waals surface area contributed by atoms with Crippen molar-refractivity contribution in [2.45, 2.75) is 60.3 Å². The zero-order valence-electron chi connectivity index (χ0n) is 32.8. The molecule has 1 aliphatic heterocycles. The topological polar surface area (TPSA) is 95.0 Å². The second-order valence-corrected chi connectivity index (χ2v) is 16.2. The Morgan fingerprint density at radius 3 is 1.85 bits per heavy atom. The SMILES string of the molecule is CCN(CC)c1ccc(N=C2C=CC(=[N+](CC)CC)C=C2)c(SS(=O)(=O)[O-])c1.CCN(CC)c1ccc2nc3ccc(=[N+](CC)CC)cc-3sc2c1.[CH3-]. The maximum Gasteiger partial charge on any atom is 0.201 e. The maximum absolute atomic E-state index is 11.4. The van der Waals surface area contributed by atoms with Gasteiger partial charge in [-0.2, -0.15) is 0 Å². The molecule has 0 N–H and O–H groups in total. The molecule has 9 nitrogen and oxygen atoms in total. The van der Waals surface area contributed by atoms with Crippen molar-refractivity contribution in [3.63, 3.8) is 0 Å². The van der Waals surface area contributed by atoms with Crippen LogP contribution in [0.2, 0.25) is 0 Å². The lowest BCUT2D eigenvalue weighted by molar-refractivity contribution is -0.519. The van der Waals surface area contributed by atoms with Crippen LogP contribution in [-0.4, -0.2) is 86.3 Å². The van der Waals surface area contributed by atoms with Crippen molar-refractivity contribution in [1.82, 2.24) is 9.56 Å². The van der Waals surface area contributed by atoms with Crippen LogP contribution in [-0.2, 0) is 9.15 Å². The summed E-state index contributed by atoms with van der Waals surface area (Å²) in [5.41, 5.74) is 6.60. The summed E-state index contributed by atoms with van der Waals surface area (Å²) in [6.45, 7) is 24.6. The third-order valence-electron chi connectivity index (χ3n) is 9.10. The van der Waals surface area contributed by atoms with Gasteiger partial charge in [0.05, 0.1) is 32.2 Å². The minimum Gasteiger partial charge on any atom is -0.739 e. The third kappa shape index (κ3) is 11.6. The van der Waals surface area contributed by atoms with E-state index in [2.05, 4.69) is 102 Å². The van der Waals surface area contributed by atoms with Crippen LogP contribution in [0.4, 0.5) is 17.1 Å². The summed E-state index contributed by atoms with van der Waals surface area (Å²) in [4.78, 5) is 15.5. The predicted octanol–water partition coefficient (Wildman–Crippen LogP) is 8.29. The summed E-state index contributed by atoms with van der Waals surface area (Å²) in [5, 5.41) is 1.28. The van der Waals surface area contributed by atoms with E-state index in [0.717, 1.165) is 75.0 Å². The lowest BCUT2D eigenvalue weighted by Crippen LogP contribution is -2.29. The molecule has 2 aromatic carbocycles. The summed E-state index contributed by atoms with van der Waals surface area (Å²) in [5.74, 6) is 0. The molecule has 3 aliphatic rings. The molecule has 1 heterocycles. The largest absolute Gasteiger partial charge is 0.739 e. The van der Waals surface area contributed by atoms with Gasteiger partial charge >= 0.3 is 0 Å². The molecule has 0 atom stereocenters. The van der Waals surface area contributed by atoms with E-state index in [4.69, 9.17) is 4.98 Å². The van der Waals surface area contributed by atoms with Crippen LogP contribution in [0.25, 0.3) is 20.8 Å². The van der Waals surface area contributed by atoms with E-state index in [1.807, 2.05) is 55.6 Å². The number of hydrogen-bond acceptors (Lipinski definition) is 9. The number of nitrogens with zero attached hydrogens (tertiary/aromatic N) is 6. The average Bonchev–Trinajstić information content (AvgIpc) is 3.14. The molecule has 0 bridgehead atoms. The highest BCUT2D eigenvalue weighted by molar-refractivity contribution is 8.69. The average molecular weight is 777 g/mol. The molecule has 2 aliphatic carbocycles. The Labute approximate surface area is 325 Å². The van der Waals surface area contributed by atoms with Gasteiger partial charge in [0, 0.05) is 66.7 Å². The van der Waals surface area contributed by atoms with E-state index >= 15 is 0 Å². The molecule has 0 saturated heterocycles. The molecule has 5 rings (SSSR count). The Morgan fingerprint density at radius 2 is 1.30 bits per heavy atom. The first-order valence-corrected chi connectivity index (χ1v) is 21.8. The molecule has 53 heavy (non-hydrogen) atoms. The number of anilines is 2. The number of benzene rings is 3. The van der Waals surface area contributed by atoms with E-state index in [1.54, 1.807) is 12.1 Å². The molecule has 0 aromatic heterocycles. The first-order chi connectivity index (χ1) is 25.0. The monoisotopic (exact) mass is 776 g/mol. The van der Waals surface area contributed by atoms with Crippen molar-refractivity contribution in [3.05, 3.63) is 91.7 Å². The Morgan fingerprint density at radius 1 is 0.736 bits per heavy atom. The van der Waals surface area contributed by atoms with E-state index in [-0.39, 0.29) is 7.43 Å². The highest BCUT2D eigenvalue weighted by Gasteiger charge is 2.14. The first-order valence-electron chi connectivity index (χ1n) is 18.3. The van der Waals surface area contributed by atoms with Crippen molar-refractivity contribution in [1.29, 1.82) is 0 Å². The van der Waals surface area contributed by atoms with E-state index in [0.29, 0.717) is 27.1 Å². The standard InChI is InChI=1S/C20H27N3O3S2.C20H26N3S.CH3/c1-5-22(6-2)17-11-9-16(10-12-17)21-19-14-13-18(23(7-3)8-4)15-20(19)27-28(24,25)26;1-5-22(6-2)15-9-11-17-19(13-15)24-20-14-16(23(7-3)8-4)10-12-18(20)21-17;/h9-15H,5-8H2,1-4H3;9-14H,5-8H2,1-4H3;1H3/q;+1;-1. The highest BCUT2D eigenvalue weighted by atomic mass is 33.1. The molecular weight excluding hydrogens is 721 g/mol. The summed E-state index contributed by atoms with van der Waals surface area (Å²) in [6.07, 6.45) is 7.78. The number of rotatable bonds is 13. The maximum atomic E-state index is 11.4. The molecule has 0 spiro atoms. The zero-order chi connectivity index (χ0) is 37.8. The van der Waals surface area contributed by atoms with Gasteiger partial charge in [0.2, 0.25) is 5.36 Å². The molecule has 0 radical (unpaired) electrons. The van der Waals surface area contributed by atoms with Gasteiger partial charge in [0.25, 0.3) is 0 Å². The lowest BCUT2D eigenvalue weighted by Gasteiger charge is -2.22. The molecular formula is C41H56N6O3S3. The normalized spacial score (nSPS) is 12.3. The van der Waals surface area contributed by atoms with Gasteiger partial charge in [-0.25, -0.2) is 27.5 Å². The van der Waals surface area contributed by atoms with Gasteiger partial charge in [-0.15, -0.1) is 11.3 Å². The number of allylic oxidation sites excluding steroid dienone is 4. The zero-order valence-corrected chi connectivity index (χ0v) is 35.2. The van der Waals surface area contributed by atoms with Crippen LogP contribution in [0.3, 0.4) is 0 Å². The van der Waals surface area contributed by atoms with E-state index in [9.17, 15) is 13.0 Å². The fourth-order valence-electron chi connectivity index (χ4n) is 6.20. The van der Waals surface area contributed by atoms with E-state index < -0.39 is 9.15 Å². The minimum absolute atomic E-state index is 0. The van der Waals surface area contributed by atoms with E-state index in [1.165, 1.54) is 20.6 Å². The molecule has 0 amide bonds. The Balaban J connectivity index is 0.000000283. The van der Waals surface area contributed by atoms with Gasteiger partial charge in [0.15, 0.2) is 14.9 Å². The Bertz CT molecular complexity index is 2080. The summed E-state index contributed by atoms with van der Waals surface area (Å²) < 4.78 is 39.9. The van der Waals surface area contributed by atoms with Crippen LogP contribution < -0.4 is 19.7 Å². The molecule has 12 heteroatoms. The predicted molar refractivity (Wildman–Crippen MR) is 230 cm³/mol. The van der Waals surface area contributed by atoms with Gasteiger partial charge in [0.1, 0.15) is 26.2 Å². The van der Waals surface area contributed by atoms with Crippen molar-refractivity contribution < 1.29 is 17.5 Å². The van der Waals surface area contributed by atoms with Crippen LogP contribution >= 0.6 is 22.1 Å². The van der Waals surface area contributed by atoms with Crippen LogP contribution in [0.15, 0.2) is 88.8 Å². The molecule has 286 valence electrons. The van der Waals surface area contributed by atoms with Crippen molar-refractivity contribution >= 4 is 70.0 Å². The summed E-state index contributed by atoms with van der Waals surface area (Å²) in [7, 11) is -4.19. The number of fused-ring (bicyclic) bond motifs is 2. The van der Waals surface area contributed by atoms with Gasteiger partial charge in [-0.05, 0) is 121 Å². The van der Waals surface area contributed by atoms with Crippen LogP contribution in [0, 0.1) is 7.43 Å². The fourth-order valence-corrected chi connectivity index (χ4v) is 8.88. The highest BCUT2D eigenvalue weighted by Crippen LogP contribution is 2.36. The lowest BCUT2D eigenvalue weighted by atomic mass is 10.1. The molecule has 2 aromatic rings. The Hall–Kier alpha value is -3.84. The summed E-state index contributed by atoms with van der Waals surface area (Å²) in [6, 6.07) is 18.6. The fraction of sp³-hybridized carbons (Fsp3) is 0.390. The van der Waals surface area contributed by atoms with Crippen LogP contribution in [0.1, 0.15) is 55.4 Å². The van der Waals surface area contributed by atoms with Crippen LogP contribution in [0.5, 0.6) is 0 Å². The quantitative estimate of drug-likeness (QED) is 0.0337. The molecule has 0 unspecified atom stereocenters. The first kappa shape index (κ1) is 43.6.